The van der Waals surface area contributed by atoms with E-state index < -0.39 is 0 Å². The van der Waals surface area contributed by atoms with E-state index >= 15 is 0 Å². The lowest BCUT2D eigenvalue weighted by Gasteiger charge is -2.43. The fraction of sp³-hybridized carbons (Fsp3) is 0.429. The lowest BCUT2D eigenvalue weighted by atomic mass is 9.77. The van der Waals surface area contributed by atoms with Crippen LogP contribution in [-0.2, 0) is 24.9 Å². The summed E-state index contributed by atoms with van der Waals surface area (Å²) in [7, 11) is 3.83. The predicted molar refractivity (Wildman–Crippen MR) is 139 cm³/mol. The first-order valence-corrected chi connectivity index (χ1v) is 12.6. The van der Waals surface area contributed by atoms with Crippen molar-refractivity contribution < 1.29 is 9.53 Å². The van der Waals surface area contributed by atoms with Gasteiger partial charge in [-0.25, -0.2) is 0 Å². The van der Waals surface area contributed by atoms with Gasteiger partial charge in [0.2, 0.25) is 5.91 Å². The van der Waals surface area contributed by atoms with Crippen LogP contribution in [0.1, 0.15) is 36.0 Å². The summed E-state index contributed by atoms with van der Waals surface area (Å²) in [5, 5.41) is 5.04. The molecule has 1 amide bonds. The number of piperidine rings is 1. The third kappa shape index (κ3) is 6.86. The van der Waals surface area contributed by atoms with Crippen LogP contribution in [0.3, 0.4) is 0 Å². The highest BCUT2D eigenvalue weighted by Gasteiger charge is 2.39. The maximum absolute atomic E-state index is 13.4. The van der Waals surface area contributed by atoms with Gasteiger partial charge in [0.25, 0.3) is 0 Å². The van der Waals surface area contributed by atoms with Gasteiger partial charge in [-0.15, -0.1) is 0 Å². The largest absolute Gasteiger partial charge is 0.493 e. The van der Waals surface area contributed by atoms with Gasteiger partial charge in [-0.2, -0.15) is 5.10 Å². The van der Waals surface area contributed by atoms with Crippen LogP contribution in [0.2, 0.25) is 5.02 Å². The number of ether oxygens (including phenoxy) is 1. The van der Waals surface area contributed by atoms with E-state index in [1.807, 2.05) is 73.2 Å². The van der Waals surface area contributed by atoms with Crippen LogP contribution in [0.5, 0.6) is 5.75 Å². The SMILES string of the molecule is Cc1cc(OCC2(CC(=O)N(C)Cc3ccccc3)CCCN(Cc3cnn(C)c3)C2)ccc1Cl. The van der Waals surface area contributed by atoms with Crippen molar-refractivity contribution in [1.29, 1.82) is 0 Å². The molecule has 0 N–H and O–H groups in total. The maximum Gasteiger partial charge on any atom is 0.223 e. The van der Waals surface area contributed by atoms with E-state index in [1.54, 1.807) is 0 Å². The molecule has 1 atom stereocenters. The lowest BCUT2D eigenvalue weighted by molar-refractivity contribution is -0.135. The van der Waals surface area contributed by atoms with Crippen LogP contribution in [0, 0.1) is 12.3 Å². The topological polar surface area (TPSA) is 50.6 Å². The summed E-state index contributed by atoms with van der Waals surface area (Å²) in [6, 6.07) is 15.9. The molecular formula is C28H35ClN4O2. The molecule has 186 valence electrons. The molecule has 1 aliphatic rings. The number of likely N-dealkylation sites (tertiary alicyclic amines) is 1. The van der Waals surface area contributed by atoms with E-state index in [2.05, 4.69) is 28.3 Å². The summed E-state index contributed by atoms with van der Waals surface area (Å²) in [6.07, 6.45) is 6.41. The van der Waals surface area contributed by atoms with Crippen LogP contribution in [0.4, 0.5) is 0 Å². The minimum Gasteiger partial charge on any atom is -0.493 e. The lowest BCUT2D eigenvalue weighted by Crippen LogP contribution is -2.48. The minimum absolute atomic E-state index is 0.146. The monoisotopic (exact) mass is 494 g/mol. The first kappa shape index (κ1) is 25.3. The molecule has 1 fully saturated rings. The zero-order valence-electron chi connectivity index (χ0n) is 20.9. The second-order valence-electron chi connectivity index (χ2n) is 9.95. The van der Waals surface area contributed by atoms with Gasteiger partial charge < -0.3 is 9.64 Å². The average Bonchev–Trinajstić information content (AvgIpc) is 3.25. The smallest absolute Gasteiger partial charge is 0.223 e. The van der Waals surface area contributed by atoms with Gasteiger partial charge in [0, 0.05) is 62.3 Å². The molecule has 0 spiro atoms. The van der Waals surface area contributed by atoms with Crippen LogP contribution < -0.4 is 4.74 Å². The Labute approximate surface area is 213 Å². The predicted octanol–water partition coefficient (Wildman–Crippen LogP) is 5.09. The van der Waals surface area contributed by atoms with E-state index in [9.17, 15) is 4.79 Å². The standard InChI is InChI=1S/C28H35ClN4O2/c1-22-14-25(10-11-26(22)29)35-21-28(15-27(34)31(2)17-23-8-5-4-6-9-23)12-7-13-33(20-28)19-24-16-30-32(3)18-24/h4-6,8-11,14,16,18H,7,12-13,15,17,19-21H2,1-3H3. The van der Waals surface area contributed by atoms with Gasteiger partial charge in [0.05, 0.1) is 12.8 Å². The Morgan fingerprint density at radius 3 is 2.71 bits per heavy atom. The second-order valence-corrected chi connectivity index (χ2v) is 10.4. The number of carbonyl (C=O) groups excluding carboxylic acids is 1. The van der Waals surface area contributed by atoms with Crippen LogP contribution >= 0.6 is 11.6 Å². The van der Waals surface area contributed by atoms with Gasteiger partial charge in [0.1, 0.15) is 5.75 Å². The Bertz CT molecular complexity index is 1130. The minimum atomic E-state index is -0.268. The summed E-state index contributed by atoms with van der Waals surface area (Å²) in [5.41, 5.74) is 3.03. The molecular weight excluding hydrogens is 460 g/mol. The number of aryl methyl sites for hydroxylation is 2. The van der Waals surface area contributed by atoms with Crippen molar-refractivity contribution in [3.8, 4) is 5.75 Å². The number of benzene rings is 2. The maximum atomic E-state index is 13.4. The molecule has 0 saturated carbocycles. The molecule has 0 bridgehead atoms. The van der Waals surface area contributed by atoms with Crippen molar-refractivity contribution in [2.45, 2.75) is 39.3 Å². The van der Waals surface area contributed by atoms with E-state index in [1.165, 1.54) is 5.56 Å². The van der Waals surface area contributed by atoms with Crippen molar-refractivity contribution in [1.82, 2.24) is 19.6 Å². The van der Waals surface area contributed by atoms with Gasteiger partial charge >= 0.3 is 0 Å². The highest BCUT2D eigenvalue weighted by molar-refractivity contribution is 6.31. The Hall–Kier alpha value is -2.83. The van der Waals surface area contributed by atoms with Crippen molar-refractivity contribution in [3.63, 3.8) is 0 Å². The molecule has 0 radical (unpaired) electrons. The van der Waals surface area contributed by atoms with Gasteiger partial charge in [-0.1, -0.05) is 41.9 Å². The summed E-state index contributed by atoms with van der Waals surface area (Å²) in [6.45, 7) is 5.70. The summed E-state index contributed by atoms with van der Waals surface area (Å²) >= 11 is 6.21. The third-order valence-electron chi connectivity index (χ3n) is 6.79. The van der Waals surface area contributed by atoms with E-state index in [-0.39, 0.29) is 11.3 Å². The molecule has 35 heavy (non-hydrogen) atoms. The Morgan fingerprint density at radius 2 is 2.00 bits per heavy atom. The number of aromatic nitrogens is 2. The molecule has 1 unspecified atom stereocenters. The average molecular weight is 495 g/mol. The van der Waals surface area contributed by atoms with Crippen molar-refractivity contribution in [2.75, 3.05) is 26.7 Å². The third-order valence-corrected chi connectivity index (χ3v) is 7.22. The molecule has 0 aliphatic carbocycles. The number of carbonyl (C=O) groups is 1. The van der Waals surface area contributed by atoms with Crippen LogP contribution in [-0.4, -0.2) is 52.2 Å². The van der Waals surface area contributed by atoms with Gasteiger partial charge in [-0.3, -0.25) is 14.4 Å². The first-order valence-electron chi connectivity index (χ1n) is 12.2. The molecule has 1 aromatic heterocycles. The number of halogens is 1. The first-order chi connectivity index (χ1) is 16.8. The summed E-state index contributed by atoms with van der Waals surface area (Å²) < 4.78 is 8.15. The van der Waals surface area contributed by atoms with Crippen molar-refractivity contribution >= 4 is 17.5 Å². The zero-order chi connectivity index (χ0) is 24.8. The molecule has 2 heterocycles. The second kappa shape index (κ2) is 11.3. The highest BCUT2D eigenvalue weighted by Crippen LogP contribution is 2.36. The Morgan fingerprint density at radius 1 is 1.20 bits per heavy atom. The van der Waals surface area contributed by atoms with Crippen LogP contribution in [0.15, 0.2) is 60.9 Å². The number of amides is 1. The number of nitrogens with zero attached hydrogens (tertiary/aromatic N) is 4. The molecule has 6 nitrogen and oxygen atoms in total. The molecule has 1 aliphatic heterocycles. The molecule has 4 rings (SSSR count). The van der Waals surface area contributed by atoms with E-state index in [0.29, 0.717) is 19.6 Å². The molecule has 7 heteroatoms. The number of rotatable bonds is 9. The zero-order valence-corrected chi connectivity index (χ0v) is 21.7. The Kier molecular flexibility index (Phi) is 8.14. The van der Waals surface area contributed by atoms with Crippen LogP contribution in [0.25, 0.3) is 0 Å². The summed E-state index contributed by atoms with van der Waals surface area (Å²) in [4.78, 5) is 17.7. The van der Waals surface area contributed by atoms with Gasteiger partial charge in [-0.05, 0) is 55.6 Å². The molecule has 1 saturated heterocycles. The number of hydrogen-bond donors (Lipinski definition) is 0. The molecule has 2 aromatic carbocycles. The van der Waals surface area contributed by atoms with Gasteiger partial charge in [0.15, 0.2) is 0 Å². The summed E-state index contributed by atoms with van der Waals surface area (Å²) in [5.74, 6) is 0.939. The molecule has 3 aromatic rings. The fourth-order valence-electron chi connectivity index (χ4n) is 4.91. The highest BCUT2D eigenvalue weighted by atomic mass is 35.5. The van der Waals surface area contributed by atoms with E-state index in [0.717, 1.165) is 54.4 Å². The van der Waals surface area contributed by atoms with E-state index in [4.69, 9.17) is 16.3 Å². The quantitative estimate of drug-likeness (QED) is 0.415. The van der Waals surface area contributed by atoms with Crippen molar-refractivity contribution in [3.05, 3.63) is 82.6 Å². The van der Waals surface area contributed by atoms with Crippen molar-refractivity contribution in [2.24, 2.45) is 12.5 Å². The fourth-order valence-corrected chi connectivity index (χ4v) is 5.03. The number of hydrogen-bond acceptors (Lipinski definition) is 4. The Balaban J connectivity index is 1.49. The normalized spacial score (nSPS) is 18.4.